The molecule has 3 aromatic rings. The number of aliphatic hydroxyl groups excluding tert-OH is 2. The Morgan fingerprint density at radius 3 is 2.53 bits per heavy atom. The fourth-order valence-corrected chi connectivity index (χ4v) is 5.44. The molecule has 0 aliphatic carbocycles. The van der Waals surface area contributed by atoms with Crippen LogP contribution in [0.1, 0.15) is 59.7 Å². The number of hydrogen-bond acceptors (Lipinski definition) is 6. The number of nitrogens with zero attached hydrogens (tertiary/aromatic N) is 1. The lowest BCUT2D eigenvalue weighted by Crippen LogP contribution is -2.39. The summed E-state index contributed by atoms with van der Waals surface area (Å²) in [6.07, 6.45) is 0.976. The first-order valence-electron chi connectivity index (χ1n) is 14.5. The SMILES string of the molecule is CCN(CC)CC(O)CNC(C)c1c(C)[nH]c(C=C2C(=O)Nc3ccc(C(=O)NCCO)cc32)c1-c1ccc(F)cc1F. The number of aromatic nitrogens is 1. The van der Waals surface area contributed by atoms with Gasteiger partial charge in [0.2, 0.25) is 0 Å². The normalized spacial score (nSPS) is 15.1. The zero-order valence-corrected chi connectivity index (χ0v) is 24.9. The van der Waals surface area contributed by atoms with Crippen LogP contribution in [0.4, 0.5) is 14.5 Å². The highest BCUT2D eigenvalue weighted by atomic mass is 19.1. The number of carbonyl (C=O) groups excluding carboxylic acids is 2. The molecule has 0 fully saturated rings. The van der Waals surface area contributed by atoms with E-state index in [1.807, 2.05) is 27.7 Å². The second kappa shape index (κ2) is 14.0. The summed E-state index contributed by atoms with van der Waals surface area (Å²) in [5, 5.41) is 28.4. The number of nitrogens with one attached hydrogen (secondary N) is 4. The van der Waals surface area contributed by atoms with Crippen molar-refractivity contribution in [3.63, 3.8) is 0 Å². The molecule has 2 unspecified atom stereocenters. The maximum Gasteiger partial charge on any atom is 0.256 e. The molecule has 1 aliphatic rings. The summed E-state index contributed by atoms with van der Waals surface area (Å²) >= 11 is 0. The monoisotopic (exact) mass is 595 g/mol. The smallest absolute Gasteiger partial charge is 0.256 e. The summed E-state index contributed by atoms with van der Waals surface area (Å²) < 4.78 is 29.2. The number of halogens is 2. The summed E-state index contributed by atoms with van der Waals surface area (Å²) in [5.41, 5.74) is 4.05. The Hall–Kier alpha value is -3.90. The number of aliphatic hydroxyl groups is 2. The molecule has 1 aromatic heterocycles. The van der Waals surface area contributed by atoms with Gasteiger partial charge in [-0.2, -0.15) is 0 Å². The third kappa shape index (κ3) is 7.19. The van der Waals surface area contributed by atoms with Gasteiger partial charge >= 0.3 is 0 Å². The van der Waals surface area contributed by atoms with Gasteiger partial charge in [0.1, 0.15) is 11.6 Å². The Labute approximate surface area is 250 Å². The zero-order chi connectivity index (χ0) is 31.3. The van der Waals surface area contributed by atoms with Crippen LogP contribution in [0.15, 0.2) is 36.4 Å². The predicted octanol–water partition coefficient (Wildman–Crippen LogP) is 3.84. The lowest BCUT2D eigenvalue weighted by molar-refractivity contribution is -0.110. The van der Waals surface area contributed by atoms with Crippen LogP contribution in [-0.2, 0) is 4.79 Å². The van der Waals surface area contributed by atoms with Crippen LogP contribution in [0.25, 0.3) is 22.8 Å². The fourth-order valence-electron chi connectivity index (χ4n) is 5.44. The molecule has 2 amide bonds. The van der Waals surface area contributed by atoms with E-state index in [0.717, 1.165) is 19.2 Å². The predicted molar refractivity (Wildman–Crippen MR) is 163 cm³/mol. The van der Waals surface area contributed by atoms with Gasteiger partial charge in [-0.25, -0.2) is 8.78 Å². The Morgan fingerprint density at radius 1 is 1.12 bits per heavy atom. The van der Waals surface area contributed by atoms with Crippen LogP contribution >= 0.6 is 0 Å². The maximum atomic E-state index is 15.3. The molecule has 43 heavy (non-hydrogen) atoms. The molecule has 4 rings (SSSR count). The summed E-state index contributed by atoms with van der Waals surface area (Å²) in [6.45, 7) is 10.1. The Kier molecular flexibility index (Phi) is 10.5. The molecule has 0 radical (unpaired) electrons. The number of benzene rings is 2. The van der Waals surface area contributed by atoms with E-state index in [1.54, 1.807) is 24.3 Å². The molecule has 11 heteroatoms. The molecule has 2 atom stereocenters. The van der Waals surface area contributed by atoms with Crippen LogP contribution in [-0.4, -0.2) is 77.3 Å². The van der Waals surface area contributed by atoms with E-state index in [4.69, 9.17) is 5.11 Å². The van der Waals surface area contributed by atoms with Crippen LogP contribution in [0.5, 0.6) is 0 Å². The van der Waals surface area contributed by atoms with Crippen LogP contribution in [0, 0.1) is 18.6 Å². The van der Waals surface area contributed by atoms with Gasteiger partial charge in [0, 0.05) is 71.1 Å². The molecule has 230 valence electrons. The standard InChI is InChI=1S/C32H39F2N5O4/c1-5-39(6-2)17-22(41)16-36-18(3)29-19(4)37-28(30(29)23-9-8-21(33)14-26(23)34)15-25-24-13-20(31(42)35-11-12-40)7-10-27(24)38-32(25)43/h7-10,13-15,18,22,36-37,40-41H,5-6,11-12,16-17H2,1-4H3,(H,35,42)(H,38,43). The number of H-pyrrole nitrogens is 1. The summed E-state index contributed by atoms with van der Waals surface area (Å²) in [6, 6.07) is 7.81. The quantitative estimate of drug-likeness (QED) is 0.167. The number of rotatable bonds is 13. The summed E-state index contributed by atoms with van der Waals surface area (Å²) in [5.74, 6) is -2.26. The van der Waals surface area contributed by atoms with Crippen molar-refractivity contribution in [1.82, 2.24) is 20.5 Å². The first kappa shape index (κ1) is 32.0. The molecule has 0 bridgehead atoms. The van der Waals surface area contributed by atoms with Crippen molar-refractivity contribution in [2.24, 2.45) is 0 Å². The largest absolute Gasteiger partial charge is 0.395 e. The van der Waals surface area contributed by atoms with Gasteiger partial charge in [0.15, 0.2) is 0 Å². The highest BCUT2D eigenvalue weighted by Gasteiger charge is 2.28. The number of aryl methyl sites for hydroxylation is 1. The Bertz CT molecular complexity index is 1520. The summed E-state index contributed by atoms with van der Waals surface area (Å²) in [7, 11) is 0. The van der Waals surface area contributed by atoms with Gasteiger partial charge in [-0.15, -0.1) is 0 Å². The number of fused-ring (bicyclic) bond motifs is 1. The average molecular weight is 596 g/mol. The Balaban J connectivity index is 1.76. The molecule has 2 heterocycles. The van der Waals surface area contributed by atoms with E-state index < -0.39 is 29.6 Å². The van der Waals surface area contributed by atoms with E-state index in [0.29, 0.717) is 52.4 Å². The van der Waals surface area contributed by atoms with Crippen molar-refractivity contribution < 1.29 is 28.6 Å². The second-order valence-corrected chi connectivity index (χ2v) is 10.6. The van der Waals surface area contributed by atoms with E-state index in [2.05, 4.69) is 25.8 Å². The highest BCUT2D eigenvalue weighted by molar-refractivity contribution is 6.35. The number of aromatic amines is 1. The van der Waals surface area contributed by atoms with Gasteiger partial charge in [-0.1, -0.05) is 13.8 Å². The maximum absolute atomic E-state index is 15.3. The van der Waals surface area contributed by atoms with Crippen molar-refractivity contribution in [2.45, 2.75) is 39.8 Å². The molecule has 0 saturated heterocycles. The number of carbonyl (C=O) groups is 2. The minimum atomic E-state index is -0.757. The van der Waals surface area contributed by atoms with Crippen molar-refractivity contribution in [1.29, 1.82) is 0 Å². The average Bonchev–Trinajstić information content (AvgIpc) is 3.47. The van der Waals surface area contributed by atoms with Gasteiger partial charge in [0.05, 0.1) is 18.3 Å². The number of anilines is 1. The first-order valence-corrected chi connectivity index (χ1v) is 14.5. The third-order valence-corrected chi connectivity index (χ3v) is 7.67. The van der Waals surface area contributed by atoms with Crippen molar-refractivity contribution >= 4 is 29.2 Å². The molecule has 9 nitrogen and oxygen atoms in total. The highest BCUT2D eigenvalue weighted by Crippen LogP contribution is 2.40. The van der Waals surface area contributed by atoms with Crippen LogP contribution < -0.4 is 16.0 Å². The zero-order valence-electron chi connectivity index (χ0n) is 24.9. The molecular weight excluding hydrogens is 556 g/mol. The fraction of sp³-hybridized carbons (Fsp3) is 0.375. The summed E-state index contributed by atoms with van der Waals surface area (Å²) in [4.78, 5) is 31.0. The second-order valence-electron chi connectivity index (χ2n) is 10.6. The van der Waals surface area contributed by atoms with Crippen molar-refractivity contribution in [2.75, 3.05) is 44.6 Å². The number of amides is 2. The first-order chi connectivity index (χ1) is 20.6. The van der Waals surface area contributed by atoms with E-state index in [9.17, 15) is 19.1 Å². The van der Waals surface area contributed by atoms with E-state index in [1.165, 1.54) is 12.1 Å². The van der Waals surface area contributed by atoms with E-state index in [-0.39, 0.29) is 30.3 Å². The molecule has 1 aliphatic heterocycles. The molecule has 2 aromatic carbocycles. The van der Waals surface area contributed by atoms with Crippen molar-refractivity contribution in [3.05, 3.63) is 76.1 Å². The van der Waals surface area contributed by atoms with Gasteiger partial charge < -0.3 is 36.0 Å². The molecule has 0 saturated carbocycles. The molecule has 0 spiro atoms. The van der Waals surface area contributed by atoms with Crippen molar-refractivity contribution in [3.8, 4) is 11.1 Å². The lowest BCUT2D eigenvalue weighted by atomic mass is 9.94. The van der Waals surface area contributed by atoms with Gasteiger partial charge in [-0.05, 0) is 68.9 Å². The van der Waals surface area contributed by atoms with Gasteiger partial charge in [0.25, 0.3) is 11.8 Å². The Morgan fingerprint density at radius 2 is 1.86 bits per heavy atom. The number of hydrogen-bond donors (Lipinski definition) is 6. The molecule has 6 N–H and O–H groups in total. The lowest BCUT2D eigenvalue weighted by Gasteiger charge is -2.24. The minimum absolute atomic E-state index is 0.0889. The number of likely N-dealkylation sites (N-methyl/N-ethyl adjacent to an activating group) is 1. The minimum Gasteiger partial charge on any atom is -0.395 e. The third-order valence-electron chi connectivity index (χ3n) is 7.67. The van der Waals surface area contributed by atoms with Crippen LogP contribution in [0.2, 0.25) is 0 Å². The topological polar surface area (TPSA) is 130 Å². The van der Waals surface area contributed by atoms with Crippen LogP contribution in [0.3, 0.4) is 0 Å². The molecular formula is C32H39F2N5O4. The van der Waals surface area contributed by atoms with E-state index >= 15 is 4.39 Å². The van der Waals surface area contributed by atoms with Gasteiger partial charge in [-0.3, -0.25) is 9.59 Å².